The molecule has 0 fully saturated rings. The van der Waals surface area contributed by atoms with E-state index in [0.717, 1.165) is 34.2 Å². The minimum atomic E-state index is -0.773. The Morgan fingerprint density at radius 1 is 1.08 bits per heavy atom. The zero-order valence-corrected chi connectivity index (χ0v) is 21.1. The summed E-state index contributed by atoms with van der Waals surface area (Å²) in [5, 5.41) is 16.7. The molecule has 4 aromatic rings. The van der Waals surface area contributed by atoms with Crippen LogP contribution < -0.4 is 5.32 Å². The van der Waals surface area contributed by atoms with Crippen molar-refractivity contribution in [2.75, 3.05) is 5.32 Å². The molecule has 2 atom stereocenters. The Hall–Kier alpha value is -4.10. The Labute approximate surface area is 219 Å². The fourth-order valence-corrected chi connectivity index (χ4v) is 5.03. The highest BCUT2D eigenvalue weighted by Gasteiger charge is 2.28. The molecule has 0 spiro atoms. The maximum absolute atomic E-state index is 12.7. The first-order valence-corrected chi connectivity index (χ1v) is 12.3. The van der Waals surface area contributed by atoms with Gasteiger partial charge in [0.05, 0.1) is 5.92 Å². The maximum atomic E-state index is 12.7. The van der Waals surface area contributed by atoms with E-state index < -0.39 is 24.1 Å². The van der Waals surface area contributed by atoms with Gasteiger partial charge in [-0.05, 0) is 55.0 Å². The van der Waals surface area contributed by atoms with E-state index in [-0.39, 0.29) is 0 Å². The largest absolute Gasteiger partial charge is 0.481 e. The summed E-state index contributed by atoms with van der Waals surface area (Å²) in [7, 11) is 0. The van der Waals surface area contributed by atoms with Crippen molar-refractivity contribution < 1.29 is 24.0 Å². The first-order chi connectivity index (χ1) is 17.8. The normalized spacial score (nSPS) is 15.2. The molecule has 0 aliphatic heterocycles. The number of nitrogens with zero attached hydrogens (tertiary/aromatic N) is 1. The number of fused-ring (bicyclic) bond motifs is 1. The molecule has 1 aliphatic carbocycles. The number of aliphatic carboxylic acids is 1. The second-order valence-electron chi connectivity index (χ2n) is 9.09. The van der Waals surface area contributed by atoms with Crippen molar-refractivity contribution in [3.63, 3.8) is 0 Å². The summed E-state index contributed by atoms with van der Waals surface area (Å²) in [6.07, 6.45) is 0.201. The van der Waals surface area contributed by atoms with Crippen molar-refractivity contribution in [3.8, 4) is 22.5 Å². The van der Waals surface area contributed by atoms with Gasteiger partial charge in [0, 0.05) is 16.1 Å². The van der Waals surface area contributed by atoms with E-state index >= 15 is 0 Å². The molecule has 1 aromatic heterocycles. The molecule has 37 heavy (non-hydrogen) atoms. The lowest BCUT2D eigenvalue weighted by Crippen LogP contribution is -2.17. The van der Waals surface area contributed by atoms with E-state index in [0.29, 0.717) is 34.1 Å². The molecule has 0 radical (unpaired) electrons. The highest BCUT2D eigenvalue weighted by atomic mass is 35.5. The van der Waals surface area contributed by atoms with Crippen molar-refractivity contribution >= 4 is 29.4 Å². The van der Waals surface area contributed by atoms with Crippen LogP contribution in [0.5, 0.6) is 0 Å². The van der Waals surface area contributed by atoms with Crippen molar-refractivity contribution in [3.05, 3.63) is 94.1 Å². The van der Waals surface area contributed by atoms with Gasteiger partial charge in [-0.2, -0.15) is 0 Å². The third-order valence-electron chi connectivity index (χ3n) is 6.72. The Bertz CT molecular complexity index is 1480. The lowest BCUT2D eigenvalue weighted by molar-refractivity contribution is -0.138. The molecule has 8 heteroatoms. The number of amides is 1. The minimum Gasteiger partial charge on any atom is -0.481 e. The van der Waals surface area contributed by atoms with Crippen molar-refractivity contribution in [2.45, 2.75) is 38.7 Å². The molecule has 7 nitrogen and oxygen atoms in total. The van der Waals surface area contributed by atoms with E-state index in [1.807, 2.05) is 54.6 Å². The molecule has 1 aliphatic rings. The highest BCUT2D eigenvalue weighted by molar-refractivity contribution is 6.31. The van der Waals surface area contributed by atoms with Crippen LogP contribution in [-0.2, 0) is 16.0 Å². The molecule has 1 unspecified atom stereocenters. The summed E-state index contributed by atoms with van der Waals surface area (Å²) in [6.45, 7) is 3.49. The molecular weight excluding hydrogens is 492 g/mol. The Kier molecular flexibility index (Phi) is 6.72. The fraction of sp³-hybridized carbons (Fsp3) is 0.207. The van der Waals surface area contributed by atoms with Gasteiger partial charge < -0.3 is 14.4 Å². The highest BCUT2D eigenvalue weighted by Crippen LogP contribution is 2.37. The maximum Gasteiger partial charge on any atom is 0.412 e. The number of aromatic nitrogens is 1. The first-order valence-electron chi connectivity index (χ1n) is 12.0. The monoisotopic (exact) mass is 516 g/mol. The van der Waals surface area contributed by atoms with Crippen molar-refractivity contribution in [1.29, 1.82) is 0 Å². The number of aryl methyl sites for hydroxylation is 2. The number of carboxylic acid groups (broad SMARTS) is 1. The molecule has 5 rings (SSSR count). The summed E-state index contributed by atoms with van der Waals surface area (Å²) in [4.78, 5) is 24.1. The second-order valence-corrected chi connectivity index (χ2v) is 9.49. The summed E-state index contributed by atoms with van der Waals surface area (Å²) < 4.78 is 11.1. The molecule has 0 saturated heterocycles. The SMILES string of the molecule is Cc1noc(-c2ccc(-c3ccc4c(c3)CCC4C(=O)O)cc2)c1NC(=O)O[C@H](C)c1ccccc1Cl. The number of nitrogens with one attached hydrogen (secondary N) is 1. The van der Waals surface area contributed by atoms with Crippen LogP contribution in [0, 0.1) is 6.92 Å². The number of ether oxygens (including phenoxy) is 1. The number of rotatable bonds is 6. The minimum absolute atomic E-state index is 0.421. The van der Waals surface area contributed by atoms with Crippen LogP contribution in [0.25, 0.3) is 22.5 Å². The molecule has 2 N–H and O–H groups in total. The summed E-state index contributed by atoms with van der Waals surface area (Å²) in [5.74, 6) is -0.777. The fourth-order valence-electron chi connectivity index (χ4n) is 4.74. The number of carbonyl (C=O) groups is 2. The lowest BCUT2D eigenvalue weighted by atomic mass is 9.96. The summed E-state index contributed by atoms with van der Waals surface area (Å²) >= 11 is 6.22. The Morgan fingerprint density at radius 2 is 1.78 bits per heavy atom. The quantitative estimate of drug-likeness (QED) is 0.277. The zero-order chi connectivity index (χ0) is 26.1. The Morgan fingerprint density at radius 3 is 2.51 bits per heavy atom. The van der Waals surface area contributed by atoms with Gasteiger partial charge in [0.25, 0.3) is 0 Å². The predicted octanol–water partition coefficient (Wildman–Crippen LogP) is 7.39. The molecule has 1 heterocycles. The van der Waals surface area contributed by atoms with Crippen LogP contribution in [0.4, 0.5) is 10.5 Å². The number of halogens is 1. The number of hydrogen-bond donors (Lipinski definition) is 2. The van der Waals surface area contributed by atoms with Crippen molar-refractivity contribution in [1.82, 2.24) is 5.16 Å². The topological polar surface area (TPSA) is 102 Å². The average molecular weight is 517 g/mol. The van der Waals surface area contributed by atoms with Gasteiger partial charge >= 0.3 is 12.1 Å². The smallest absolute Gasteiger partial charge is 0.412 e. The molecule has 0 bridgehead atoms. The van der Waals surface area contributed by atoms with Gasteiger partial charge in [-0.25, -0.2) is 4.79 Å². The molecule has 1 amide bonds. The lowest BCUT2D eigenvalue weighted by Gasteiger charge is -2.15. The van der Waals surface area contributed by atoms with Gasteiger partial charge in [-0.15, -0.1) is 0 Å². The molecular formula is C29H25ClN2O5. The van der Waals surface area contributed by atoms with Crippen LogP contribution in [0.2, 0.25) is 5.02 Å². The molecule has 0 saturated carbocycles. The van der Waals surface area contributed by atoms with Gasteiger partial charge in [-0.3, -0.25) is 10.1 Å². The van der Waals surface area contributed by atoms with E-state index in [9.17, 15) is 14.7 Å². The van der Waals surface area contributed by atoms with E-state index in [1.165, 1.54) is 0 Å². The summed E-state index contributed by atoms with van der Waals surface area (Å²) in [6, 6.07) is 20.8. The second kappa shape index (κ2) is 10.1. The number of benzene rings is 3. The molecule has 3 aromatic carbocycles. The number of carboxylic acids is 1. The van der Waals surface area contributed by atoms with E-state index in [4.69, 9.17) is 20.9 Å². The number of carbonyl (C=O) groups excluding carboxylic acids is 1. The van der Waals surface area contributed by atoms with Gasteiger partial charge in [-0.1, -0.05) is 77.4 Å². The van der Waals surface area contributed by atoms with Crippen LogP contribution in [0.3, 0.4) is 0 Å². The third-order valence-corrected chi connectivity index (χ3v) is 7.06. The van der Waals surface area contributed by atoms with Gasteiger partial charge in [0.15, 0.2) is 5.76 Å². The van der Waals surface area contributed by atoms with Crippen LogP contribution >= 0.6 is 11.6 Å². The first kappa shape index (κ1) is 24.6. The van der Waals surface area contributed by atoms with E-state index in [1.54, 1.807) is 19.9 Å². The van der Waals surface area contributed by atoms with Crippen LogP contribution in [-0.4, -0.2) is 22.3 Å². The predicted molar refractivity (Wildman–Crippen MR) is 141 cm³/mol. The van der Waals surface area contributed by atoms with E-state index in [2.05, 4.69) is 16.5 Å². The van der Waals surface area contributed by atoms with Gasteiger partial charge in [0.1, 0.15) is 17.5 Å². The molecule has 188 valence electrons. The van der Waals surface area contributed by atoms with Gasteiger partial charge in [0.2, 0.25) is 0 Å². The number of hydrogen-bond acceptors (Lipinski definition) is 5. The third kappa shape index (κ3) is 4.95. The van der Waals surface area contributed by atoms with Crippen LogP contribution in [0.1, 0.15) is 47.8 Å². The zero-order valence-electron chi connectivity index (χ0n) is 20.3. The standard InChI is InChI=1S/C29H25ClN2O5/c1-16-26(31-29(35)36-17(2)22-5-3-4-6-25(22)30)27(37-32-16)19-9-7-18(8-10-19)20-11-13-23-21(15-20)12-14-24(23)28(33)34/h3-11,13,15,17,24H,12,14H2,1-2H3,(H,31,35)(H,33,34)/t17-,24?/m1/s1. The Balaban J connectivity index is 1.32. The van der Waals surface area contributed by atoms with Crippen molar-refractivity contribution in [2.24, 2.45) is 0 Å². The average Bonchev–Trinajstić information content (AvgIpc) is 3.47. The number of anilines is 1. The summed E-state index contributed by atoms with van der Waals surface area (Å²) in [5.41, 5.74) is 6.39. The van der Waals surface area contributed by atoms with Crippen LogP contribution in [0.15, 0.2) is 71.3 Å².